The highest BCUT2D eigenvalue weighted by atomic mass is 32.1. The number of rotatable bonds is 5. The highest BCUT2D eigenvalue weighted by Gasteiger charge is 2.41. The molecule has 1 aromatic carbocycles. The Balaban J connectivity index is 1.86. The number of hydrogen-bond acceptors (Lipinski definition) is 3. The summed E-state index contributed by atoms with van der Waals surface area (Å²) in [5, 5.41) is 13.8. The largest absolute Gasteiger partial charge is 0.395 e. The molecule has 3 aromatic rings. The predicted octanol–water partition coefficient (Wildman–Crippen LogP) is 4.07. The van der Waals surface area contributed by atoms with Gasteiger partial charge in [0.15, 0.2) is 5.11 Å². The van der Waals surface area contributed by atoms with Gasteiger partial charge in [0.05, 0.1) is 24.4 Å². The third kappa shape index (κ3) is 3.40. The molecule has 0 amide bonds. The van der Waals surface area contributed by atoms with Gasteiger partial charge in [-0.3, -0.25) is 4.98 Å². The van der Waals surface area contributed by atoms with Crippen molar-refractivity contribution in [3.8, 4) is 5.69 Å². The second kappa shape index (κ2) is 8.20. The Morgan fingerprint density at radius 3 is 2.60 bits per heavy atom. The van der Waals surface area contributed by atoms with Gasteiger partial charge in [0.25, 0.3) is 0 Å². The average molecular weight is 421 g/mol. The van der Waals surface area contributed by atoms with E-state index in [1.165, 1.54) is 33.8 Å². The minimum absolute atomic E-state index is 0.0374. The van der Waals surface area contributed by atoms with Crippen LogP contribution in [-0.2, 0) is 0 Å². The van der Waals surface area contributed by atoms with Crippen molar-refractivity contribution < 1.29 is 5.11 Å². The highest BCUT2D eigenvalue weighted by Crippen LogP contribution is 2.41. The van der Waals surface area contributed by atoms with Crippen LogP contribution >= 0.6 is 12.2 Å². The zero-order valence-corrected chi connectivity index (χ0v) is 18.7. The molecule has 0 unspecified atom stereocenters. The number of hydrogen-bond donors (Lipinski definition) is 2. The lowest BCUT2D eigenvalue weighted by atomic mass is 9.96. The first-order valence-corrected chi connectivity index (χ1v) is 10.7. The number of aryl methyl sites for hydroxylation is 2. The monoisotopic (exact) mass is 420 g/mol. The van der Waals surface area contributed by atoms with Gasteiger partial charge >= 0.3 is 0 Å². The zero-order valence-electron chi connectivity index (χ0n) is 17.9. The van der Waals surface area contributed by atoms with Gasteiger partial charge in [0, 0.05) is 29.8 Å². The Bertz CT molecular complexity index is 1080. The molecule has 5 nitrogen and oxygen atoms in total. The maximum absolute atomic E-state index is 9.69. The Morgan fingerprint density at radius 1 is 1.10 bits per heavy atom. The summed E-state index contributed by atoms with van der Waals surface area (Å²) in [7, 11) is 0. The minimum atomic E-state index is -0.0715. The summed E-state index contributed by atoms with van der Waals surface area (Å²) in [5.41, 5.74) is 8.26. The van der Waals surface area contributed by atoms with Gasteiger partial charge in [-0.25, -0.2) is 0 Å². The maximum Gasteiger partial charge on any atom is 0.170 e. The second-order valence-electron chi connectivity index (χ2n) is 7.92. The summed E-state index contributed by atoms with van der Waals surface area (Å²) in [6.07, 6.45) is 1.81. The summed E-state index contributed by atoms with van der Waals surface area (Å²) < 4.78 is 2.33. The topological polar surface area (TPSA) is 53.3 Å². The number of thiocarbonyl (C=S) groups is 1. The van der Waals surface area contributed by atoms with Crippen LogP contribution in [0.25, 0.3) is 5.69 Å². The molecule has 1 aliphatic rings. The van der Waals surface area contributed by atoms with Crippen LogP contribution < -0.4 is 5.32 Å². The molecule has 2 aromatic heterocycles. The van der Waals surface area contributed by atoms with Gasteiger partial charge in [-0.15, -0.1) is 0 Å². The van der Waals surface area contributed by atoms with E-state index in [0.29, 0.717) is 11.7 Å². The van der Waals surface area contributed by atoms with E-state index in [1.807, 2.05) is 24.4 Å². The quantitative estimate of drug-likeness (QED) is 0.610. The number of β-amino-alcohol motifs (C(OH)–C–C–N with tert-alkyl or cyclic N) is 1. The number of pyridine rings is 1. The number of aromatic nitrogens is 2. The molecule has 0 radical (unpaired) electrons. The molecule has 2 N–H and O–H groups in total. The van der Waals surface area contributed by atoms with E-state index < -0.39 is 0 Å². The van der Waals surface area contributed by atoms with Gasteiger partial charge in [-0.1, -0.05) is 18.2 Å². The van der Waals surface area contributed by atoms with E-state index >= 15 is 0 Å². The lowest BCUT2D eigenvalue weighted by Crippen LogP contribution is -2.32. The summed E-state index contributed by atoms with van der Waals surface area (Å²) >= 11 is 5.64. The van der Waals surface area contributed by atoms with Crippen LogP contribution in [0.3, 0.4) is 0 Å². The fraction of sp³-hybridized carbons (Fsp3) is 0.333. The van der Waals surface area contributed by atoms with Crippen molar-refractivity contribution in [2.24, 2.45) is 0 Å². The van der Waals surface area contributed by atoms with Crippen molar-refractivity contribution in [3.05, 3.63) is 82.4 Å². The minimum Gasteiger partial charge on any atom is -0.395 e. The Labute approximate surface area is 183 Å². The third-order valence-electron chi connectivity index (χ3n) is 6.14. The molecule has 30 heavy (non-hydrogen) atoms. The zero-order chi connectivity index (χ0) is 21.4. The molecule has 1 saturated heterocycles. The van der Waals surface area contributed by atoms with Crippen molar-refractivity contribution >= 4 is 17.3 Å². The Kier molecular flexibility index (Phi) is 5.62. The van der Waals surface area contributed by atoms with Crippen molar-refractivity contribution in [2.75, 3.05) is 13.2 Å². The lowest BCUT2D eigenvalue weighted by molar-refractivity contribution is 0.223. The van der Waals surface area contributed by atoms with E-state index in [1.54, 1.807) is 0 Å². The molecular weight excluding hydrogens is 392 g/mol. The van der Waals surface area contributed by atoms with Crippen molar-refractivity contribution in [1.29, 1.82) is 0 Å². The summed E-state index contributed by atoms with van der Waals surface area (Å²) in [6.45, 7) is 9.15. The summed E-state index contributed by atoms with van der Waals surface area (Å²) in [6, 6.07) is 14.5. The molecule has 0 bridgehead atoms. The number of aliphatic hydroxyl groups excluding tert-OH is 1. The smallest absolute Gasteiger partial charge is 0.170 e. The maximum atomic E-state index is 9.69. The van der Waals surface area contributed by atoms with E-state index in [9.17, 15) is 5.11 Å². The molecule has 2 atom stereocenters. The van der Waals surface area contributed by atoms with Crippen LogP contribution in [0.15, 0.2) is 48.7 Å². The summed E-state index contributed by atoms with van der Waals surface area (Å²) in [4.78, 5) is 6.68. The second-order valence-corrected chi connectivity index (χ2v) is 8.31. The van der Waals surface area contributed by atoms with Gasteiger partial charge in [-0.2, -0.15) is 0 Å². The van der Waals surface area contributed by atoms with Crippen LogP contribution in [0, 0.1) is 27.7 Å². The first kappa shape index (κ1) is 20.6. The van der Waals surface area contributed by atoms with E-state index in [2.05, 4.69) is 71.7 Å². The number of benzene rings is 1. The normalized spacial score (nSPS) is 18.7. The van der Waals surface area contributed by atoms with Crippen LogP contribution in [0.2, 0.25) is 0 Å². The number of nitrogens with zero attached hydrogens (tertiary/aromatic N) is 3. The van der Waals surface area contributed by atoms with Gasteiger partial charge < -0.3 is 19.9 Å². The first-order chi connectivity index (χ1) is 14.4. The van der Waals surface area contributed by atoms with Crippen LogP contribution in [0.1, 0.15) is 45.9 Å². The van der Waals surface area contributed by atoms with Crippen molar-refractivity contribution in [1.82, 2.24) is 19.8 Å². The SMILES string of the molecule is Cc1cccc(-n2c(C)cc([C@H]3[C@@H](c4ccccn4)NC(=S)N3CCO)c2C)c1C. The molecule has 4 rings (SSSR count). The lowest BCUT2D eigenvalue weighted by Gasteiger charge is -2.27. The molecule has 1 aliphatic heterocycles. The summed E-state index contributed by atoms with van der Waals surface area (Å²) in [5.74, 6) is 0. The molecule has 0 saturated carbocycles. The molecule has 0 aliphatic carbocycles. The number of nitrogens with one attached hydrogen (secondary N) is 1. The fourth-order valence-corrected chi connectivity index (χ4v) is 4.86. The predicted molar refractivity (Wildman–Crippen MR) is 124 cm³/mol. The highest BCUT2D eigenvalue weighted by molar-refractivity contribution is 7.80. The van der Waals surface area contributed by atoms with Crippen molar-refractivity contribution in [3.63, 3.8) is 0 Å². The third-order valence-corrected chi connectivity index (χ3v) is 6.50. The van der Waals surface area contributed by atoms with Crippen LogP contribution in [-0.4, -0.2) is 37.8 Å². The number of aliphatic hydroxyl groups is 1. The van der Waals surface area contributed by atoms with Crippen molar-refractivity contribution in [2.45, 2.75) is 39.8 Å². The molecular formula is C24H28N4OS. The first-order valence-electron chi connectivity index (χ1n) is 10.3. The van der Waals surface area contributed by atoms with Crippen LogP contribution in [0.4, 0.5) is 0 Å². The van der Waals surface area contributed by atoms with Crippen LogP contribution in [0.5, 0.6) is 0 Å². The van der Waals surface area contributed by atoms with Gasteiger partial charge in [0.2, 0.25) is 0 Å². The average Bonchev–Trinajstić information content (AvgIpc) is 3.21. The molecule has 156 valence electrons. The van der Waals surface area contributed by atoms with Gasteiger partial charge in [0.1, 0.15) is 0 Å². The molecule has 3 heterocycles. The van der Waals surface area contributed by atoms with E-state index in [4.69, 9.17) is 12.2 Å². The van der Waals surface area contributed by atoms with Gasteiger partial charge in [-0.05, 0) is 80.9 Å². The Morgan fingerprint density at radius 2 is 1.90 bits per heavy atom. The molecule has 1 fully saturated rings. The molecule has 6 heteroatoms. The van der Waals surface area contributed by atoms with E-state index in [0.717, 1.165) is 5.69 Å². The molecule has 0 spiro atoms. The Hall–Kier alpha value is -2.70. The van der Waals surface area contributed by atoms with E-state index in [-0.39, 0.29) is 18.7 Å². The standard InChI is InChI=1S/C24H28N4OS/c1-15-8-7-10-21(17(15)3)28-16(2)14-19(18(28)4)23-22(20-9-5-6-11-25-20)26-24(30)27(23)12-13-29/h5-11,14,22-23,29H,12-13H2,1-4H3,(H,26,30)/t22-,23+/m1/s1. The fourth-order valence-electron chi connectivity index (χ4n) is 4.53.